The van der Waals surface area contributed by atoms with E-state index in [1.54, 1.807) is 0 Å². The lowest BCUT2D eigenvalue weighted by molar-refractivity contribution is 0.0313. The van der Waals surface area contributed by atoms with Crippen molar-refractivity contribution in [2.24, 2.45) is 0 Å². The van der Waals surface area contributed by atoms with Crippen molar-refractivity contribution < 1.29 is 22.3 Å². The summed E-state index contributed by atoms with van der Waals surface area (Å²) in [7, 11) is -3.37. The minimum atomic E-state index is -3.37. The average molecular weight is 317 g/mol. The fraction of sp³-hybridized carbons (Fsp3) is 0.571. The first-order valence-corrected chi connectivity index (χ1v) is 8.59. The van der Waals surface area contributed by atoms with Crippen LogP contribution in [0.2, 0.25) is 0 Å². The number of morpholine rings is 1. The van der Waals surface area contributed by atoms with Gasteiger partial charge in [0.15, 0.2) is 0 Å². The Labute approximate surface area is 124 Å². The molecule has 0 aliphatic carbocycles. The molecule has 0 N–H and O–H groups in total. The van der Waals surface area contributed by atoms with E-state index in [2.05, 4.69) is 0 Å². The number of ether oxygens (including phenoxy) is 2. The number of hydrogen-bond donors (Lipinski definition) is 0. The molecule has 0 bridgehead atoms. The van der Waals surface area contributed by atoms with Crippen LogP contribution in [0.5, 0.6) is 5.75 Å². The predicted molar refractivity (Wildman–Crippen MR) is 77.3 cm³/mol. The third-order valence-corrected chi connectivity index (χ3v) is 5.30. The molecule has 0 saturated carbocycles. The van der Waals surface area contributed by atoms with Gasteiger partial charge in [-0.15, -0.1) is 0 Å². The van der Waals surface area contributed by atoms with E-state index in [9.17, 15) is 12.8 Å². The maximum absolute atomic E-state index is 12.8. The maximum Gasteiger partial charge on any atom is 0.217 e. The summed E-state index contributed by atoms with van der Waals surface area (Å²) in [5.41, 5.74) is 0. The molecule has 0 radical (unpaired) electrons. The molecule has 1 atom stereocenters. The molecule has 1 aliphatic heterocycles. The van der Waals surface area contributed by atoms with Crippen LogP contribution in [0.3, 0.4) is 0 Å². The largest absolute Gasteiger partial charge is 0.492 e. The fourth-order valence-electron chi connectivity index (χ4n) is 2.24. The predicted octanol–water partition coefficient (Wildman–Crippen LogP) is 1.65. The van der Waals surface area contributed by atoms with Crippen molar-refractivity contribution in [3.05, 3.63) is 30.1 Å². The number of hydrogen-bond acceptors (Lipinski definition) is 4. The highest BCUT2D eigenvalue weighted by molar-refractivity contribution is 7.89. The normalized spacial score (nSPS) is 20.4. The highest BCUT2D eigenvalue weighted by Crippen LogP contribution is 2.16. The van der Waals surface area contributed by atoms with Crippen molar-refractivity contribution >= 4 is 10.0 Å². The van der Waals surface area contributed by atoms with E-state index in [4.69, 9.17) is 9.47 Å². The van der Waals surface area contributed by atoms with Gasteiger partial charge >= 0.3 is 0 Å². The number of rotatable bonds is 6. The molecule has 118 valence electrons. The van der Waals surface area contributed by atoms with Crippen LogP contribution in [0.1, 0.15) is 13.3 Å². The molecule has 1 aromatic carbocycles. The van der Waals surface area contributed by atoms with Gasteiger partial charge in [0.05, 0.1) is 19.0 Å². The van der Waals surface area contributed by atoms with Crippen LogP contribution in [0.15, 0.2) is 24.3 Å². The summed E-state index contributed by atoms with van der Waals surface area (Å²) < 4.78 is 49.6. The minimum Gasteiger partial charge on any atom is -0.492 e. The smallest absolute Gasteiger partial charge is 0.217 e. The van der Waals surface area contributed by atoms with Crippen molar-refractivity contribution in [1.29, 1.82) is 0 Å². The molecular formula is C14H20FNO4S. The number of halogens is 1. The summed E-state index contributed by atoms with van der Waals surface area (Å²) in [4.78, 5) is 0. The fourth-order valence-corrected chi connectivity index (χ4v) is 3.79. The zero-order valence-corrected chi connectivity index (χ0v) is 12.8. The Kier molecular flexibility index (Phi) is 5.55. The van der Waals surface area contributed by atoms with Gasteiger partial charge in [0.1, 0.15) is 18.2 Å². The van der Waals surface area contributed by atoms with E-state index in [0.717, 1.165) is 6.42 Å². The lowest BCUT2D eigenvalue weighted by Gasteiger charge is -2.33. The highest BCUT2D eigenvalue weighted by Gasteiger charge is 2.31. The monoisotopic (exact) mass is 317 g/mol. The molecule has 1 fully saturated rings. The third kappa shape index (κ3) is 4.39. The molecule has 0 spiro atoms. The molecule has 7 heteroatoms. The summed E-state index contributed by atoms with van der Waals surface area (Å²) >= 11 is 0. The minimum absolute atomic E-state index is 0.0434. The topological polar surface area (TPSA) is 55.8 Å². The van der Waals surface area contributed by atoms with Crippen LogP contribution in [-0.4, -0.2) is 50.9 Å². The maximum atomic E-state index is 12.8. The van der Waals surface area contributed by atoms with Crippen LogP contribution in [-0.2, 0) is 14.8 Å². The molecule has 1 heterocycles. The Hall–Kier alpha value is -1.18. The molecule has 0 aromatic heterocycles. The lowest BCUT2D eigenvalue weighted by atomic mass is 10.2. The number of benzene rings is 1. The Balaban J connectivity index is 1.90. The van der Waals surface area contributed by atoms with E-state index >= 15 is 0 Å². The van der Waals surface area contributed by atoms with Crippen LogP contribution < -0.4 is 4.74 Å². The van der Waals surface area contributed by atoms with Crippen LogP contribution in [0, 0.1) is 5.82 Å². The molecule has 21 heavy (non-hydrogen) atoms. The van der Waals surface area contributed by atoms with Crippen molar-refractivity contribution in [2.75, 3.05) is 32.1 Å². The second-order valence-corrected chi connectivity index (χ2v) is 6.91. The standard InChI is InChI=1S/C14H20FNO4S/c1-2-13-11-19-8-7-16(13)21(17,18)10-9-20-14-5-3-12(15)4-6-14/h3-6,13H,2,7-11H2,1H3. The van der Waals surface area contributed by atoms with Gasteiger partial charge in [-0.25, -0.2) is 12.8 Å². The van der Waals surface area contributed by atoms with Gasteiger partial charge in [-0.3, -0.25) is 0 Å². The molecule has 2 rings (SSSR count). The van der Waals surface area contributed by atoms with E-state index in [1.165, 1.54) is 28.6 Å². The quantitative estimate of drug-likeness (QED) is 0.800. The first-order valence-electron chi connectivity index (χ1n) is 6.98. The van der Waals surface area contributed by atoms with E-state index in [1.807, 2.05) is 6.92 Å². The summed E-state index contributed by atoms with van der Waals surface area (Å²) in [6.45, 7) is 3.24. The van der Waals surface area contributed by atoms with Gasteiger partial charge < -0.3 is 9.47 Å². The summed E-state index contributed by atoms with van der Waals surface area (Å²) in [5.74, 6) is 0.00985. The average Bonchev–Trinajstić information content (AvgIpc) is 2.49. The van der Waals surface area contributed by atoms with Crippen molar-refractivity contribution in [1.82, 2.24) is 4.31 Å². The van der Waals surface area contributed by atoms with Crippen molar-refractivity contribution in [3.63, 3.8) is 0 Å². The van der Waals surface area contributed by atoms with Crippen LogP contribution in [0.4, 0.5) is 4.39 Å². The first-order chi connectivity index (χ1) is 10.0. The van der Waals surface area contributed by atoms with Crippen LogP contribution in [0.25, 0.3) is 0 Å². The van der Waals surface area contributed by atoms with Gasteiger partial charge in [0.2, 0.25) is 10.0 Å². The van der Waals surface area contributed by atoms with E-state index in [0.29, 0.717) is 25.5 Å². The van der Waals surface area contributed by atoms with E-state index in [-0.39, 0.29) is 24.2 Å². The van der Waals surface area contributed by atoms with E-state index < -0.39 is 10.0 Å². The second kappa shape index (κ2) is 7.20. The van der Waals surface area contributed by atoms with Gasteiger partial charge in [0, 0.05) is 12.6 Å². The highest BCUT2D eigenvalue weighted by atomic mass is 32.2. The molecule has 1 aliphatic rings. The number of sulfonamides is 1. The summed E-state index contributed by atoms with van der Waals surface area (Å²) in [5, 5.41) is 0. The van der Waals surface area contributed by atoms with Gasteiger partial charge in [0.25, 0.3) is 0 Å². The zero-order chi connectivity index (χ0) is 15.3. The Bertz CT molecular complexity index is 547. The second-order valence-electron chi connectivity index (χ2n) is 4.87. The van der Waals surface area contributed by atoms with Gasteiger partial charge in [-0.2, -0.15) is 4.31 Å². The van der Waals surface area contributed by atoms with Gasteiger partial charge in [-0.1, -0.05) is 6.92 Å². The molecule has 1 saturated heterocycles. The summed E-state index contributed by atoms with van der Waals surface area (Å²) in [6.07, 6.45) is 0.720. The third-order valence-electron chi connectivity index (χ3n) is 3.43. The molecule has 1 aromatic rings. The molecule has 5 nitrogen and oxygen atoms in total. The molecule has 1 unspecified atom stereocenters. The summed E-state index contributed by atoms with van der Waals surface area (Å²) in [6, 6.07) is 5.41. The van der Waals surface area contributed by atoms with Gasteiger partial charge in [-0.05, 0) is 30.7 Å². The first kappa shape index (κ1) is 16.2. The Morgan fingerprint density at radius 3 is 2.76 bits per heavy atom. The SMILES string of the molecule is CCC1COCCN1S(=O)(=O)CCOc1ccc(F)cc1. The molecule has 0 amide bonds. The van der Waals surface area contributed by atoms with Crippen molar-refractivity contribution in [2.45, 2.75) is 19.4 Å². The van der Waals surface area contributed by atoms with Crippen molar-refractivity contribution in [3.8, 4) is 5.75 Å². The van der Waals surface area contributed by atoms with Crippen LogP contribution >= 0.6 is 0 Å². The lowest BCUT2D eigenvalue weighted by Crippen LogP contribution is -2.49. The zero-order valence-electron chi connectivity index (χ0n) is 12.0. The Morgan fingerprint density at radius 2 is 2.10 bits per heavy atom. The number of nitrogens with zero attached hydrogens (tertiary/aromatic N) is 1. The molecular weight excluding hydrogens is 297 g/mol. The Morgan fingerprint density at radius 1 is 1.38 bits per heavy atom.